The molecule has 0 radical (unpaired) electrons. The van der Waals surface area contributed by atoms with Crippen LogP contribution in [0.25, 0.3) is 0 Å². The van der Waals surface area contributed by atoms with E-state index in [4.69, 9.17) is 14.2 Å². The van der Waals surface area contributed by atoms with Crippen molar-refractivity contribution < 1.29 is 23.4 Å². The fraction of sp³-hybridized carbons (Fsp3) is 0.435. The Bertz CT molecular complexity index is 817. The molecule has 0 aliphatic heterocycles. The monoisotopic (exact) mass is 386 g/mol. The number of halogens is 1. The molecule has 2 aromatic rings. The van der Waals surface area contributed by atoms with Crippen LogP contribution in [0.2, 0.25) is 0 Å². The Morgan fingerprint density at radius 1 is 1.11 bits per heavy atom. The highest BCUT2D eigenvalue weighted by Gasteiger charge is 2.64. The van der Waals surface area contributed by atoms with E-state index in [0.717, 1.165) is 0 Å². The lowest BCUT2D eigenvalue weighted by Gasteiger charge is -2.10. The summed E-state index contributed by atoms with van der Waals surface area (Å²) in [5.41, 5.74) is 0.0165. The number of carbonyl (C=O) groups excluding carboxylic acids is 1. The number of ether oxygens (including phenoxy) is 3. The van der Waals surface area contributed by atoms with Crippen molar-refractivity contribution >= 4 is 5.97 Å². The van der Waals surface area contributed by atoms with E-state index in [1.165, 1.54) is 6.07 Å². The molecule has 2 aromatic carbocycles. The first-order valence-corrected chi connectivity index (χ1v) is 9.58. The molecule has 1 aliphatic carbocycles. The van der Waals surface area contributed by atoms with Crippen molar-refractivity contribution in [2.24, 2.45) is 17.3 Å². The van der Waals surface area contributed by atoms with Crippen molar-refractivity contribution in [3.05, 3.63) is 59.9 Å². The summed E-state index contributed by atoms with van der Waals surface area (Å²) >= 11 is 0. The van der Waals surface area contributed by atoms with Gasteiger partial charge in [0, 0.05) is 17.6 Å². The molecule has 0 aromatic heterocycles. The molecule has 0 heterocycles. The van der Waals surface area contributed by atoms with E-state index >= 15 is 0 Å². The van der Waals surface area contributed by atoms with Crippen LogP contribution >= 0.6 is 0 Å². The van der Waals surface area contributed by atoms with Gasteiger partial charge in [-0.3, -0.25) is 4.79 Å². The maximum absolute atomic E-state index is 14.1. The minimum absolute atomic E-state index is 0.139. The molecule has 0 saturated heterocycles. The van der Waals surface area contributed by atoms with E-state index in [2.05, 4.69) is 13.8 Å². The molecule has 4 nitrogen and oxygen atoms in total. The molecule has 150 valence electrons. The van der Waals surface area contributed by atoms with Crippen LogP contribution in [0, 0.1) is 23.1 Å². The highest BCUT2D eigenvalue weighted by molar-refractivity contribution is 5.78. The van der Waals surface area contributed by atoms with Gasteiger partial charge in [0.2, 0.25) is 0 Å². The molecule has 1 saturated carbocycles. The molecule has 28 heavy (non-hydrogen) atoms. The Labute approximate surface area is 165 Å². The van der Waals surface area contributed by atoms with Gasteiger partial charge in [-0.1, -0.05) is 45.9 Å². The van der Waals surface area contributed by atoms with Crippen molar-refractivity contribution in [1.29, 1.82) is 0 Å². The minimum atomic E-state index is -0.434. The predicted octanol–water partition coefficient (Wildman–Crippen LogP) is 5.36. The van der Waals surface area contributed by atoms with Gasteiger partial charge < -0.3 is 14.2 Å². The van der Waals surface area contributed by atoms with Gasteiger partial charge in [0.15, 0.2) is 0 Å². The third kappa shape index (κ3) is 4.71. The number of esters is 1. The topological polar surface area (TPSA) is 44.8 Å². The first-order valence-electron chi connectivity index (χ1n) is 9.58. The molecule has 0 amide bonds. The van der Waals surface area contributed by atoms with Gasteiger partial charge in [0.05, 0.1) is 12.0 Å². The average Bonchev–Trinajstić information content (AvgIpc) is 3.21. The molecule has 5 heteroatoms. The Hall–Kier alpha value is -2.40. The van der Waals surface area contributed by atoms with Gasteiger partial charge in [0.25, 0.3) is 0 Å². The van der Waals surface area contributed by atoms with Crippen molar-refractivity contribution in [2.45, 2.75) is 40.4 Å². The first kappa shape index (κ1) is 20.3. The number of para-hydroxylation sites is 1. The summed E-state index contributed by atoms with van der Waals surface area (Å²) in [5.74, 6) is 0.432. The largest absolute Gasteiger partial charge is 0.460 e. The minimum Gasteiger partial charge on any atom is -0.460 e. The zero-order chi connectivity index (χ0) is 20.3. The van der Waals surface area contributed by atoms with Crippen LogP contribution in [-0.4, -0.2) is 18.7 Å². The van der Waals surface area contributed by atoms with E-state index in [1.807, 2.05) is 44.2 Å². The van der Waals surface area contributed by atoms with Crippen molar-refractivity contribution in [1.82, 2.24) is 0 Å². The SMILES string of the molecule is CC(C)COC1C(C(=O)OCc2cc(Oc3ccccc3)ccc2F)C1(C)C. The van der Waals surface area contributed by atoms with Gasteiger partial charge >= 0.3 is 5.97 Å². The predicted molar refractivity (Wildman–Crippen MR) is 105 cm³/mol. The second-order valence-corrected chi connectivity index (χ2v) is 8.22. The summed E-state index contributed by atoms with van der Waals surface area (Å²) in [4.78, 5) is 12.5. The second kappa shape index (κ2) is 8.31. The standard InChI is InChI=1S/C23H27FO4/c1-15(2)13-26-21-20(23(21,3)4)22(25)27-14-16-12-18(10-11-19(16)24)28-17-8-6-5-7-9-17/h5-12,15,20-21H,13-14H2,1-4H3. The molecule has 1 aliphatic rings. The third-order valence-corrected chi connectivity index (χ3v) is 4.96. The van der Waals surface area contributed by atoms with Gasteiger partial charge in [-0.25, -0.2) is 4.39 Å². The number of benzene rings is 2. The molecule has 3 rings (SSSR count). The van der Waals surface area contributed by atoms with Crippen molar-refractivity contribution in [3.63, 3.8) is 0 Å². The van der Waals surface area contributed by atoms with E-state index in [0.29, 0.717) is 24.0 Å². The van der Waals surface area contributed by atoms with Gasteiger partial charge in [0.1, 0.15) is 23.9 Å². The second-order valence-electron chi connectivity index (χ2n) is 8.22. The summed E-state index contributed by atoms with van der Waals surface area (Å²) in [6.07, 6.45) is -0.153. The van der Waals surface area contributed by atoms with Crippen LogP contribution in [0.15, 0.2) is 48.5 Å². The van der Waals surface area contributed by atoms with E-state index in [-0.39, 0.29) is 35.6 Å². The fourth-order valence-electron chi connectivity index (χ4n) is 3.21. The van der Waals surface area contributed by atoms with E-state index in [1.54, 1.807) is 12.1 Å². The highest BCUT2D eigenvalue weighted by atomic mass is 19.1. The number of hydrogen-bond acceptors (Lipinski definition) is 4. The zero-order valence-electron chi connectivity index (χ0n) is 16.8. The summed E-state index contributed by atoms with van der Waals surface area (Å²) in [7, 11) is 0. The molecular formula is C23H27FO4. The molecule has 0 spiro atoms. The molecule has 2 unspecified atom stereocenters. The van der Waals surface area contributed by atoms with Gasteiger partial charge in [-0.05, 0) is 36.2 Å². The Balaban J connectivity index is 1.59. The molecule has 2 atom stereocenters. The van der Waals surface area contributed by atoms with E-state index < -0.39 is 5.82 Å². The number of rotatable bonds is 8. The molecular weight excluding hydrogens is 359 g/mol. The first-order chi connectivity index (χ1) is 13.3. The van der Waals surface area contributed by atoms with Gasteiger partial charge in [-0.2, -0.15) is 0 Å². The molecule has 0 N–H and O–H groups in total. The summed E-state index contributed by atoms with van der Waals surface area (Å²) < 4.78 is 31.1. The van der Waals surface area contributed by atoms with Crippen LogP contribution in [0.3, 0.4) is 0 Å². The smallest absolute Gasteiger partial charge is 0.312 e. The van der Waals surface area contributed by atoms with Crippen LogP contribution in [-0.2, 0) is 20.9 Å². The Morgan fingerprint density at radius 2 is 1.82 bits per heavy atom. The summed E-state index contributed by atoms with van der Waals surface area (Å²) in [5, 5.41) is 0. The lowest BCUT2D eigenvalue weighted by atomic mass is 10.1. The fourth-order valence-corrected chi connectivity index (χ4v) is 3.21. The molecule has 1 fully saturated rings. The average molecular weight is 386 g/mol. The maximum Gasteiger partial charge on any atom is 0.312 e. The van der Waals surface area contributed by atoms with Gasteiger partial charge in [-0.15, -0.1) is 0 Å². The summed E-state index contributed by atoms with van der Waals surface area (Å²) in [6, 6.07) is 13.7. The molecule has 0 bridgehead atoms. The van der Waals surface area contributed by atoms with Crippen LogP contribution in [0.1, 0.15) is 33.3 Å². The zero-order valence-corrected chi connectivity index (χ0v) is 16.8. The maximum atomic E-state index is 14.1. The van der Waals surface area contributed by atoms with Crippen LogP contribution < -0.4 is 4.74 Å². The number of carbonyl (C=O) groups is 1. The third-order valence-electron chi connectivity index (χ3n) is 4.96. The van der Waals surface area contributed by atoms with E-state index in [9.17, 15) is 9.18 Å². The lowest BCUT2D eigenvalue weighted by Crippen LogP contribution is -2.13. The quantitative estimate of drug-likeness (QED) is 0.573. The van der Waals surface area contributed by atoms with Crippen molar-refractivity contribution in [3.8, 4) is 11.5 Å². The van der Waals surface area contributed by atoms with Crippen LogP contribution in [0.4, 0.5) is 4.39 Å². The Kier molecular flexibility index (Phi) is 6.04. The summed E-state index contributed by atoms with van der Waals surface area (Å²) in [6.45, 7) is 8.56. The number of hydrogen-bond donors (Lipinski definition) is 0. The Morgan fingerprint density at radius 3 is 2.50 bits per heavy atom. The van der Waals surface area contributed by atoms with Crippen LogP contribution in [0.5, 0.6) is 11.5 Å². The lowest BCUT2D eigenvalue weighted by molar-refractivity contribution is -0.148. The van der Waals surface area contributed by atoms with Crippen molar-refractivity contribution in [2.75, 3.05) is 6.61 Å². The highest BCUT2D eigenvalue weighted by Crippen LogP contribution is 2.54. The normalized spacial score (nSPS) is 20.1.